The number of rotatable bonds is 15. The van der Waals surface area contributed by atoms with Gasteiger partial charge in [-0.25, -0.2) is 0 Å². The molecule has 222 valence electrons. The summed E-state index contributed by atoms with van der Waals surface area (Å²) in [6.07, 6.45) is 3.39. The molecule has 0 saturated heterocycles. The van der Waals surface area contributed by atoms with Crippen molar-refractivity contribution in [3.05, 3.63) is 107 Å². The van der Waals surface area contributed by atoms with Crippen molar-refractivity contribution >= 4 is 11.5 Å². The van der Waals surface area contributed by atoms with Gasteiger partial charge in [-0.05, 0) is 65.9 Å². The molecule has 43 heavy (non-hydrogen) atoms. The van der Waals surface area contributed by atoms with Crippen LogP contribution in [0.2, 0.25) is 0 Å². The van der Waals surface area contributed by atoms with Crippen LogP contribution < -0.4 is 18.9 Å². The molecule has 5 rings (SSSR count). The highest BCUT2D eigenvalue weighted by Crippen LogP contribution is 2.38. The summed E-state index contributed by atoms with van der Waals surface area (Å²) in [6, 6.07) is 28.2. The largest absolute Gasteiger partial charge is 0.493 e. The second-order valence-corrected chi connectivity index (χ2v) is 10.9. The van der Waals surface area contributed by atoms with Crippen LogP contribution in [0.4, 0.5) is 0 Å². The lowest BCUT2D eigenvalue weighted by Crippen LogP contribution is -2.08. The van der Waals surface area contributed by atoms with Gasteiger partial charge in [0.25, 0.3) is 0 Å². The summed E-state index contributed by atoms with van der Waals surface area (Å²) in [5, 5.41) is 8.69. The zero-order valence-corrected chi connectivity index (χ0v) is 25.7. The van der Waals surface area contributed by atoms with Crippen LogP contribution in [0.3, 0.4) is 0 Å². The molecule has 8 heteroatoms. The fraction of sp³-hybridized carbons (Fsp3) is 0.286. The molecule has 0 fully saturated rings. The third-order valence-corrected chi connectivity index (χ3v) is 7.65. The number of benzene rings is 4. The van der Waals surface area contributed by atoms with Crippen LogP contribution in [-0.4, -0.2) is 28.0 Å². The number of nitrogens with zero attached hydrogens (tertiary/aromatic N) is 3. The normalized spacial score (nSPS) is 10.9. The number of hydrogen-bond donors (Lipinski definition) is 0. The Kier molecular flexibility index (Phi) is 10.6. The summed E-state index contributed by atoms with van der Waals surface area (Å²) in [7, 11) is 0. The van der Waals surface area contributed by atoms with Gasteiger partial charge in [-0.15, -0.1) is 5.10 Å². The van der Waals surface area contributed by atoms with E-state index < -0.39 is 0 Å². The Morgan fingerprint density at radius 3 is 2.21 bits per heavy atom. The summed E-state index contributed by atoms with van der Waals surface area (Å²) in [5.74, 6) is 4.05. The fourth-order valence-corrected chi connectivity index (χ4v) is 5.24. The molecule has 0 radical (unpaired) electrons. The lowest BCUT2D eigenvalue weighted by Gasteiger charge is -2.18. The molecular formula is C35H37N3O4S. The van der Waals surface area contributed by atoms with Gasteiger partial charge in [0, 0.05) is 29.6 Å². The Morgan fingerprint density at radius 2 is 1.47 bits per heavy atom. The van der Waals surface area contributed by atoms with E-state index in [9.17, 15) is 0 Å². The second kappa shape index (κ2) is 15.2. The Balaban J connectivity index is 1.24. The molecule has 0 spiro atoms. The molecule has 0 aliphatic heterocycles. The predicted octanol–water partition coefficient (Wildman–Crippen LogP) is 8.64. The number of para-hydroxylation sites is 1. The van der Waals surface area contributed by atoms with Crippen LogP contribution in [0.1, 0.15) is 48.9 Å². The molecule has 1 heterocycles. The Bertz CT molecular complexity index is 1590. The highest BCUT2D eigenvalue weighted by Gasteiger charge is 2.17. The lowest BCUT2D eigenvalue weighted by molar-refractivity contribution is 0.243. The van der Waals surface area contributed by atoms with Crippen molar-refractivity contribution in [2.45, 2.75) is 53.1 Å². The summed E-state index contributed by atoms with van der Waals surface area (Å²) >= 11 is 1.25. The van der Waals surface area contributed by atoms with Crippen LogP contribution in [-0.2, 0) is 19.4 Å². The maximum atomic E-state index is 6.31. The van der Waals surface area contributed by atoms with Gasteiger partial charge in [0.2, 0.25) is 0 Å². The molecule has 4 aromatic carbocycles. The van der Waals surface area contributed by atoms with Crippen molar-refractivity contribution in [2.24, 2.45) is 0 Å². The summed E-state index contributed by atoms with van der Waals surface area (Å²) in [5.41, 5.74) is 5.21. The van der Waals surface area contributed by atoms with Gasteiger partial charge in [0.05, 0.1) is 18.8 Å². The van der Waals surface area contributed by atoms with Crippen molar-refractivity contribution < 1.29 is 18.9 Å². The maximum Gasteiger partial charge on any atom is 0.171 e. The molecule has 0 amide bonds. The van der Waals surface area contributed by atoms with E-state index in [2.05, 4.69) is 47.7 Å². The zero-order chi connectivity index (χ0) is 29.9. The molecule has 7 nitrogen and oxygen atoms in total. The number of aryl methyl sites for hydroxylation is 2. The molecule has 0 aliphatic carbocycles. The standard InChI is InChI=1S/C35H37N3O4S/c1-4-13-28-31(18-11-19-32(28)42-30-17-10-9-14-25(30)3)39-20-12-21-40-33-23-34(41-24-26-15-7-6-8-16-26)29(22-27(33)5-2)35-36-37-38-43-35/h6-11,14-19,22-23H,4-5,12-13,20-21,24H2,1-3H3. The SMILES string of the molecule is CCCc1c(OCCCOc2cc(OCc3ccccc3)c(-c3nnns3)cc2CC)cccc1Oc1ccccc1C. The molecule has 0 bridgehead atoms. The van der Waals surface area contributed by atoms with Crippen LogP contribution in [0.5, 0.6) is 28.7 Å². The minimum Gasteiger partial charge on any atom is -0.493 e. The lowest BCUT2D eigenvalue weighted by atomic mass is 10.1. The van der Waals surface area contributed by atoms with E-state index in [1.165, 1.54) is 11.5 Å². The molecule has 0 aliphatic rings. The first-order valence-electron chi connectivity index (χ1n) is 14.8. The quantitative estimate of drug-likeness (QED) is 0.112. The van der Waals surface area contributed by atoms with Gasteiger partial charge < -0.3 is 18.9 Å². The van der Waals surface area contributed by atoms with E-state index in [1.54, 1.807) is 0 Å². The molecule has 0 unspecified atom stereocenters. The van der Waals surface area contributed by atoms with Gasteiger partial charge in [0.1, 0.15) is 35.4 Å². The molecule has 0 atom stereocenters. The van der Waals surface area contributed by atoms with Gasteiger partial charge in [-0.1, -0.05) is 79.4 Å². The van der Waals surface area contributed by atoms with E-state index >= 15 is 0 Å². The Hall–Kier alpha value is -4.43. The fourth-order valence-electron chi connectivity index (χ4n) is 4.76. The topological polar surface area (TPSA) is 75.6 Å². The van der Waals surface area contributed by atoms with Crippen molar-refractivity contribution in [3.8, 4) is 39.3 Å². The minimum atomic E-state index is 0.436. The van der Waals surface area contributed by atoms with Crippen LogP contribution in [0, 0.1) is 6.92 Å². The molecule has 5 aromatic rings. The summed E-state index contributed by atoms with van der Waals surface area (Å²) in [4.78, 5) is 0. The second-order valence-electron chi connectivity index (χ2n) is 10.2. The predicted molar refractivity (Wildman–Crippen MR) is 171 cm³/mol. The first-order valence-corrected chi connectivity index (χ1v) is 15.5. The van der Waals surface area contributed by atoms with E-state index in [1.807, 2.05) is 72.8 Å². The summed E-state index contributed by atoms with van der Waals surface area (Å²) < 4.78 is 29.1. The molecule has 1 aromatic heterocycles. The number of hydrogen-bond acceptors (Lipinski definition) is 8. The molecular weight excluding hydrogens is 558 g/mol. The molecule has 0 N–H and O–H groups in total. The smallest absolute Gasteiger partial charge is 0.171 e. The van der Waals surface area contributed by atoms with Gasteiger partial charge >= 0.3 is 0 Å². The average Bonchev–Trinajstić information content (AvgIpc) is 3.58. The Labute approximate surface area is 257 Å². The van der Waals surface area contributed by atoms with Crippen molar-refractivity contribution in [3.63, 3.8) is 0 Å². The zero-order valence-electron chi connectivity index (χ0n) is 24.9. The van der Waals surface area contributed by atoms with Crippen LogP contribution >= 0.6 is 11.5 Å². The molecule has 0 saturated carbocycles. The highest BCUT2D eigenvalue weighted by atomic mass is 32.1. The average molecular weight is 596 g/mol. The van der Waals surface area contributed by atoms with Crippen molar-refractivity contribution in [1.82, 2.24) is 14.8 Å². The van der Waals surface area contributed by atoms with E-state index in [0.717, 1.165) is 76.5 Å². The maximum absolute atomic E-state index is 6.31. The third kappa shape index (κ3) is 7.90. The number of ether oxygens (including phenoxy) is 4. The highest BCUT2D eigenvalue weighted by molar-refractivity contribution is 7.08. The number of aromatic nitrogens is 3. The van der Waals surface area contributed by atoms with Gasteiger partial charge in [0.15, 0.2) is 5.01 Å². The van der Waals surface area contributed by atoms with Crippen molar-refractivity contribution in [1.29, 1.82) is 0 Å². The first kappa shape index (κ1) is 30.0. The van der Waals surface area contributed by atoms with Crippen LogP contribution in [0.15, 0.2) is 84.9 Å². The third-order valence-electron chi connectivity index (χ3n) is 7.02. The monoisotopic (exact) mass is 595 g/mol. The van der Waals surface area contributed by atoms with E-state index in [-0.39, 0.29) is 0 Å². The van der Waals surface area contributed by atoms with E-state index in [0.29, 0.717) is 30.6 Å². The summed E-state index contributed by atoms with van der Waals surface area (Å²) in [6.45, 7) is 7.80. The minimum absolute atomic E-state index is 0.436. The first-order chi connectivity index (χ1) is 21.2. The van der Waals surface area contributed by atoms with E-state index in [4.69, 9.17) is 18.9 Å². The van der Waals surface area contributed by atoms with Gasteiger partial charge in [-0.2, -0.15) is 0 Å². The van der Waals surface area contributed by atoms with Gasteiger partial charge in [-0.3, -0.25) is 0 Å². The Morgan fingerprint density at radius 1 is 0.721 bits per heavy atom. The van der Waals surface area contributed by atoms with Crippen LogP contribution in [0.25, 0.3) is 10.6 Å². The van der Waals surface area contributed by atoms with Crippen molar-refractivity contribution in [2.75, 3.05) is 13.2 Å².